The Balaban J connectivity index is 2.59. The van der Waals surface area contributed by atoms with Gasteiger partial charge in [-0.05, 0) is 18.2 Å². The van der Waals surface area contributed by atoms with Crippen LogP contribution in [0.25, 0.3) is 0 Å². The smallest absolute Gasteiger partial charge is 0.337 e. The van der Waals surface area contributed by atoms with Crippen molar-refractivity contribution in [3.63, 3.8) is 0 Å². The third-order valence-electron chi connectivity index (χ3n) is 2.01. The number of carboxylic acids is 1. The summed E-state index contributed by atoms with van der Waals surface area (Å²) in [6.07, 6.45) is 1.84. The molecule has 1 aromatic rings. The molecule has 0 bridgehead atoms. The summed E-state index contributed by atoms with van der Waals surface area (Å²) in [5.74, 6) is 0.823. The number of carbonyl (C=O) groups is 1. The van der Waals surface area contributed by atoms with Gasteiger partial charge in [-0.25, -0.2) is 4.79 Å². The Labute approximate surface area is 110 Å². The van der Waals surface area contributed by atoms with E-state index in [-0.39, 0.29) is 5.56 Å². The number of carboxylic acid groups (broad SMARTS) is 1. The van der Waals surface area contributed by atoms with E-state index in [1.54, 1.807) is 23.9 Å². The second kappa shape index (κ2) is 7.25. The van der Waals surface area contributed by atoms with Crippen LogP contribution in [0.5, 0.6) is 0 Å². The summed E-state index contributed by atoms with van der Waals surface area (Å²) < 4.78 is 0. The summed E-state index contributed by atoms with van der Waals surface area (Å²) in [6, 6.07) is 4.70. The highest BCUT2D eigenvalue weighted by Gasteiger charge is 2.09. The number of benzene rings is 1. The van der Waals surface area contributed by atoms with E-state index < -0.39 is 5.97 Å². The van der Waals surface area contributed by atoms with Crippen molar-refractivity contribution in [2.24, 2.45) is 0 Å². The predicted molar refractivity (Wildman–Crippen MR) is 74.4 cm³/mol. The molecule has 1 aromatic carbocycles. The van der Waals surface area contributed by atoms with Gasteiger partial charge >= 0.3 is 5.97 Å². The van der Waals surface area contributed by atoms with Crippen LogP contribution >= 0.6 is 23.4 Å². The molecule has 5 heteroatoms. The molecule has 0 spiro atoms. The van der Waals surface area contributed by atoms with Gasteiger partial charge in [-0.2, -0.15) is 11.8 Å². The fourth-order valence-electron chi connectivity index (χ4n) is 1.27. The molecule has 0 aliphatic heterocycles. The number of anilines is 1. The van der Waals surface area contributed by atoms with E-state index in [4.69, 9.17) is 16.7 Å². The molecule has 0 aliphatic rings. The summed E-state index contributed by atoms with van der Waals surface area (Å²) in [6.45, 7) is 4.32. The van der Waals surface area contributed by atoms with Gasteiger partial charge in [0.15, 0.2) is 0 Å². The monoisotopic (exact) mass is 271 g/mol. The lowest BCUT2D eigenvalue weighted by Gasteiger charge is -2.09. The average molecular weight is 272 g/mol. The first-order valence-electron chi connectivity index (χ1n) is 5.10. The van der Waals surface area contributed by atoms with Gasteiger partial charge in [0, 0.05) is 23.1 Å². The quantitative estimate of drug-likeness (QED) is 0.590. The number of hydrogen-bond donors (Lipinski definition) is 2. The van der Waals surface area contributed by atoms with Crippen molar-refractivity contribution in [3.05, 3.63) is 41.4 Å². The Morgan fingerprint density at radius 3 is 3.00 bits per heavy atom. The number of nitrogens with one attached hydrogen (secondary N) is 1. The molecule has 0 aromatic heterocycles. The maximum absolute atomic E-state index is 11.0. The van der Waals surface area contributed by atoms with Gasteiger partial charge in [0.1, 0.15) is 0 Å². The normalized spacial score (nSPS) is 9.94. The van der Waals surface area contributed by atoms with Crippen molar-refractivity contribution < 1.29 is 9.90 Å². The highest BCUT2D eigenvalue weighted by molar-refractivity contribution is 7.99. The van der Waals surface area contributed by atoms with Gasteiger partial charge < -0.3 is 10.4 Å². The van der Waals surface area contributed by atoms with Gasteiger partial charge in [-0.1, -0.05) is 17.7 Å². The van der Waals surface area contributed by atoms with Crippen molar-refractivity contribution in [1.82, 2.24) is 0 Å². The first-order valence-corrected chi connectivity index (χ1v) is 6.63. The van der Waals surface area contributed by atoms with Gasteiger partial charge in [-0.15, -0.1) is 6.58 Å². The van der Waals surface area contributed by atoms with E-state index in [2.05, 4.69) is 11.9 Å². The maximum Gasteiger partial charge on any atom is 0.337 e. The minimum absolute atomic E-state index is 0.239. The Hall–Kier alpha value is -1.13. The molecule has 2 N–H and O–H groups in total. The second-order valence-electron chi connectivity index (χ2n) is 3.29. The maximum atomic E-state index is 11.0. The largest absolute Gasteiger partial charge is 0.478 e. The van der Waals surface area contributed by atoms with Crippen molar-refractivity contribution in [1.29, 1.82) is 0 Å². The molecule has 0 heterocycles. The van der Waals surface area contributed by atoms with Crippen LogP contribution in [0.15, 0.2) is 30.9 Å². The van der Waals surface area contributed by atoms with Gasteiger partial charge in [0.2, 0.25) is 0 Å². The standard InChI is InChI=1S/C12H14ClNO2S/c1-2-6-17-7-5-14-11-8-9(13)3-4-10(11)12(15)16/h2-4,8,14H,1,5-7H2,(H,15,16). The Bertz CT molecular complexity index is 409. The highest BCUT2D eigenvalue weighted by Crippen LogP contribution is 2.21. The molecule has 0 atom stereocenters. The molecule has 0 fully saturated rings. The van der Waals surface area contributed by atoms with Crippen molar-refractivity contribution in [2.45, 2.75) is 0 Å². The zero-order valence-electron chi connectivity index (χ0n) is 9.28. The Kier molecular flexibility index (Phi) is 5.94. The summed E-state index contributed by atoms with van der Waals surface area (Å²) in [5.41, 5.74) is 0.798. The SMILES string of the molecule is C=CCSCCNc1cc(Cl)ccc1C(=O)O. The zero-order chi connectivity index (χ0) is 12.7. The van der Waals surface area contributed by atoms with Crippen molar-refractivity contribution >= 4 is 35.0 Å². The van der Waals surface area contributed by atoms with E-state index >= 15 is 0 Å². The zero-order valence-corrected chi connectivity index (χ0v) is 10.9. The number of aromatic carboxylic acids is 1. The number of rotatable bonds is 7. The molecular weight excluding hydrogens is 258 g/mol. The molecule has 0 radical (unpaired) electrons. The molecule has 0 amide bonds. The summed E-state index contributed by atoms with van der Waals surface area (Å²) in [5, 5.41) is 12.6. The van der Waals surface area contributed by atoms with E-state index in [9.17, 15) is 4.79 Å². The number of halogens is 1. The molecule has 17 heavy (non-hydrogen) atoms. The second-order valence-corrected chi connectivity index (χ2v) is 4.87. The lowest BCUT2D eigenvalue weighted by atomic mass is 10.2. The molecule has 1 rings (SSSR count). The summed E-state index contributed by atoms with van der Waals surface area (Å²) in [4.78, 5) is 11.0. The van der Waals surface area contributed by atoms with Crippen molar-refractivity contribution in [2.75, 3.05) is 23.4 Å². The fourth-order valence-corrected chi connectivity index (χ4v) is 2.03. The number of hydrogen-bond acceptors (Lipinski definition) is 3. The van der Waals surface area contributed by atoms with E-state index in [1.807, 2.05) is 6.08 Å². The molecule has 0 saturated carbocycles. The average Bonchev–Trinajstić information content (AvgIpc) is 2.28. The first-order chi connectivity index (χ1) is 8.15. The van der Waals surface area contributed by atoms with Gasteiger partial charge in [0.05, 0.1) is 11.3 Å². The lowest BCUT2D eigenvalue weighted by molar-refractivity contribution is 0.0698. The van der Waals surface area contributed by atoms with E-state index in [0.29, 0.717) is 17.3 Å². The van der Waals surface area contributed by atoms with Gasteiger partial charge in [-0.3, -0.25) is 0 Å². The van der Waals surface area contributed by atoms with Crippen LogP contribution in [0.1, 0.15) is 10.4 Å². The molecule has 0 aliphatic carbocycles. The minimum Gasteiger partial charge on any atom is -0.478 e. The fraction of sp³-hybridized carbons (Fsp3) is 0.250. The van der Waals surface area contributed by atoms with Crippen LogP contribution in [0.2, 0.25) is 5.02 Å². The topological polar surface area (TPSA) is 49.3 Å². The molecule has 3 nitrogen and oxygen atoms in total. The van der Waals surface area contributed by atoms with Crippen LogP contribution in [0.4, 0.5) is 5.69 Å². The minimum atomic E-state index is -0.956. The van der Waals surface area contributed by atoms with E-state index in [0.717, 1.165) is 11.5 Å². The van der Waals surface area contributed by atoms with Crippen LogP contribution in [0.3, 0.4) is 0 Å². The molecule has 0 saturated heterocycles. The summed E-state index contributed by atoms with van der Waals surface area (Å²) >= 11 is 7.56. The molecular formula is C12H14ClNO2S. The van der Waals surface area contributed by atoms with Crippen LogP contribution in [0, 0.1) is 0 Å². The highest BCUT2D eigenvalue weighted by atomic mass is 35.5. The number of thioether (sulfide) groups is 1. The summed E-state index contributed by atoms with van der Waals surface area (Å²) in [7, 11) is 0. The third kappa shape index (κ3) is 4.71. The van der Waals surface area contributed by atoms with Crippen LogP contribution in [-0.4, -0.2) is 29.1 Å². The first kappa shape index (κ1) is 13.9. The molecule has 92 valence electrons. The van der Waals surface area contributed by atoms with E-state index in [1.165, 1.54) is 6.07 Å². The predicted octanol–water partition coefficient (Wildman–Crippen LogP) is 3.37. The Morgan fingerprint density at radius 2 is 2.35 bits per heavy atom. The van der Waals surface area contributed by atoms with Crippen LogP contribution < -0.4 is 5.32 Å². The Morgan fingerprint density at radius 1 is 1.59 bits per heavy atom. The van der Waals surface area contributed by atoms with Crippen molar-refractivity contribution in [3.8, 4) is 0 Å². The lowest BCUT2D eigenvalue weighted by Crippen LogP contribution is -2.09. The van der Waals surface area contributed by atoms with Gasteiger partial charge in [0.25, 0.3) is 0 Å². The molecule has 0 unspecified atom stereocenters. The van der Waals surface area contributed by atoms with Crippen LogP contribution in [-0.2, 0) is 0 Å². The third-order valence-corrected chi connectivity index (χ3v) is 3.21.